The van der Waals surface area contributed by atoms with Crippen LogP contribution < -0.4 is 5.73 Å². The second-order valence-electron chi connectivity index (χ2n) is 4.58. The van der Waals surface area contributed by atoms with E-state index < -0.39 is 0 Å². The van der Waals surface area contributed by atoms with Crippen LogP contribution in [0.4, 0.5) is 0 Å². The first-order valence-electron chi connectivity index (χ1n) is 5.91. The number of nitrogens with zero attached hydrogens (tertiary/aromatic N) is 1. The van der Waals surface area contributed by atoms with Crippen molar-refractivity contribution in [3.8, 4) is 0 Å². The van der Waals surface area contributed by atoms with Crippen LogP contribution in [0.15, 0.2) is 22.7 Å². The summed E-state index contributed by atoms with van der Waals surface area (Å²) in [6, 6.07) is 6.31. The van der Waals surface area contributed by atoms with Gasteiger partial charge in [0.15, 0.2) is 0 Å². The van der Waals surface area contributed by atoms with Crippen LogP contribution in [-0.2, 0) is 6.54 Å². The number of halogens is 2. The zero-order valence-electron chi connectivity index (χ0n) is 10.7. The maximum atomic E-state index is 7.30. The molecule has 0 amide bonds. The van der Waals surface area contributed by atoms with Gasteiger partial charge in [-0.3, -0.25) is 10.3 Å². The van der Waals surface area contributed by atoms with Crippen molar-refractivity contribution in [2.45, 2.75) is 32.9 Å². The van der Waals surface area contributed by atoms with Crippen molar-refractivity contribution in [3.05, 3.63) is 33.3 Å². The van der Waals surface area contributed by atoms with Gasteiger partial charge < -0.3 is 5.73 Å². The molecule has 0 spiro atoms. The Hall–Kier alpha value is -0.580. The molecule has 0 heterocycles. The molecule has 0 bridgehead atoms. The Bertz CT molecular complexity index is 421. The van der Waals surface area contributed by atoms with Crippen LogP contribution in [-0.4, -0.2) is 23.3 Å². The molecular formula is C13H19BrClN3. The number of amidine groups is 1. The SMILES string of the molecule is CC(C)N(CCC(=N)N)Cc1ccc(Br)cc1Cl. The number of rotatable bonds is 6. The van der Waals surface area contributed by atoms with Gasteiger partial charge in [-0.25, -0.2) is 0 Å². The van der Waals surface area contributed by atoms with E-state index in [1.807, 2.05) is 18.2 Å². The number of hydrogen-bond acceptors (Lipinski definition) is 2. The standard InChI is InChI=1S/C13H19BrClN3/c1-9(2)18(6-5-13(16)17)8-10-3-4-11(14)7-12(10)15/h3-4,7,9H,5-6,8H2,1-2H3,(H3,16,17). The van der Waals surface area contributed by atoms with Crippen LogP contribution in [0.25, 0.3) is 0 Å². The molecule has 1 aromatic rings. The fourth-order valence-electron chi connectivity index (χ4n) is 1.65. The van der Waals surface area contributed by atoms with Gasteiger partial charge in [0.2, 0.25) is 0 Å². The van der Waals surface area contributed by atoms with Crippen molar-refractivity contribution >= 4 is 33.4 Å². The Balaban J connectivity index is 2.73. The number of nitrogens with two attached hydrogens (primary N) is 1. The third-order valence-electron chi connectivity index (χ3n) is 2.79. The molecule has 0 radical (unpaired) electrons. The minimum atomic E-state index is 0.225. The highest BCUT2D eigenvalue weighted by molar-refractivity contribution is 9.10. The molecule has 1 aromatic carbocycles. The van der Waals surface area contributed by atoms with Gasteiger partial charge in [0.05, 0.1) is 5.84 Å². The molecular weight excluding hydrogens is 314 g/mol. The highest BCUT2D eigenvalue weighted by atomic mass is 79.9. The monoisotopic (exact) mass is 331 g/mol. The van der Waals surface area contributed by atoms with Gasteiger partial charge in [-0.1, -0.05) is 33.6 Å². The van der Waals surface area contributed by atoms with Crippen LogP contribution >= 0.6 is 27.5 Å². The highest BCUT2D eigenvalue weighted by Crippen LogP contribution is 2.23. The molecule has 0 atom stereocenters. The molecule has 5 heteroatoms. The van der Waals surface area contributed by atoms with E-state index >= 15 is 0 Å². The number of benzene rings is 1. The predicted molar refractivity (Wildman–Crippen MR) is 81.2 cm³/mol. The van der Waals surface area contributed by atoms with Gasteiger partial charge in [-0.2, -0.15) is 0 Å². The van der Waals surface area contributed by atoms with Crippen molar-refractivity contribution in [2.24, 2.45) is 5.73 Å². The molecule has 1 rings (SSSR count). The Morgan fingerprint density at radius 3 is 2.67 bits per heavy atom. The number of hydrogen-bond donors (Lipinski definition) is 2. The summed E-state index contributed by atoms with van der Waals surface area (Å²) in [5.74, 6) is 0.225. The molecule has 0 aromatic heterocycles. The molecule has 0 aliphatic rings. The summed E-state index contributed by atoms with van der Waals surface area (Å²) in [7, 11) is 0. The maximum Gasteiger partial charge on any atom is 0.0918 e. The molecule has 100 valence electrons. The quantitative estimate of drug-likeness (QED) is 0.617. The molecule has 0 unspecified atom stereocenters. The second-order valence-corrected chi connectivity index (χ2v) is 5.90. The first-order chi connectivity index (χ1) is 8.40. The van der Waals surface area contributed by atoms with Crippen LogP contribution in [0, 0.1) is 5.41 Å². The lowest BCUT2D eigenvalue weighted by Gasteiger charge is -2.26. The Morgan fingerprint density at radius 1 is 1.50 bits per heavy atom. The zero-order chi connectivity index (χ0) is 13.7. The summed E-state index contributed by atoms with van der Waals surface area (Å²) >= 11 is 9.62. The lowest BCUT2D eigenvalue weighted by atomic mass is 10.1. The third-order valence-corrected chi connectivity index (χ3v) is 3.63. The fourth-order valence-corrected chi connectivity index (χ4v) is 2.39. The van der Waals surface area contributed by atoms with Crippen LogP contribution in [0.1, 0.15) is 25.8 Å². The van der Waals surface area contributed by atoms with E-state index in [2.05, 4.69) is 34.7 Å². The van der Waals surface area contributed by atoms with E-state index in [1.54, 1.807) is 0 Å². The average Bonchev–Trinajstić information content (AvgIpc) is 2.26. The smallest absolute Gasteiger partial charge is 0.0918 e. The lowest BCUT2D eigenvalue weighted by Crippen LogP contribution is -2.33. The molecule has 0 aliphatic carbocycles. The van der Waals surface area contributed by atoms with Gasteiger partial charge in [-0.05, 0) is 31.5 Å². The highest BCUT2D eigenvalue weighted by Gasteiger charge is 2.12. The van der Waals surface area contributed by atoms with E-state index in [0.29, 0.717) is 12.5 Å². The van der Waals surface area contributed by atoms with E-state index in [0.717, 1.165) is 28.1 Å². The molecule has 18 heavy (non-hydrogen) atoms. The van der Waals surface area contributed by atoms with Crippen molar-refractivity contribution < 1.29 is 0 Å². The Labute approximate surface area is 122 Å². The summed E-state index contributed by atoms with van der Waals surface area (Å²) < 4.78 is 0.982. The van der Waals surface area contributed by atoms with E-state index in [9.17, 15) is 0 Å². The fraction of sp³-hybridized carbons (Fsp3) is 0.462. The summed E-state index contributed by atoms with van der Waals surface area (Å²) in [5, 5.41) is 8.06. The van der Waals surface area contributed by atoms with Crippen molar-refractivity contribution in [1.29, 1.82) is 5.41 Å². The van der Waals surface area contributed by atoms with Crippen LogP contribution in [0.2, 0.25) is 5.02 Å². The van der Waals surface area contributed by atoms with Gasteiger partial charge in [0.1, 0.15) is 0 Å². The Morgan fingerprint density at radius 2 is 2.17 bits per heavy atom. The summed E-state index contributed by atoms with van der Waals surface area (Å²) in [5.41, 5.74) is 6.50. The zero-order valence-corrected chi connectivity index (χ0v) is 13.1. The molecule has 0 fully saturated rings. The predicted octanol–water partition coefficient (Wildman–Crippen LogP) is 3.64. The molecule has 3 nitrogen and oxygen atoms in total. The number of nitrogens with one attached hydrogen (secondary N) is 1. The van der Waals surface area contributed by atoms with E-state index in [4.69, 9.17) is 22.7 Å². The van der Waals surface area contributed by atoms with Crippen molar-refractivity contribution in [1.82, 2.24) is 4.90 Å². The minimum Gasteiger partial charge on any atom is -0.388 e. The van der Waals surface area contributed by atoms with Gasteiger partial charge in [0.25, 0.3) is 0 Å². The molecule has 3 N–H and O–H groups in total. The average molecular weight is 333 g/mol. The van der Waals surface area contributed by atoms with Crippen molar-refractivity contribution in [3.63, 3.8) is 0 Å². The van der Waals surface area contributed by atoms with E-state index in [1.165, 1.54) is 0 Å². The maximum absolute atomic E-state index is 7.30. The van der Waals surface area contributed by atoms with E-state index in [-0.39, 0.29) is 5.84 Å². The van der Waals surface area contributed by atoms with Crippen LogP contribution in [0.3, 0.4) is 0 Å². The summed E-state index contributed by atoms with van der Waals surface area (Å²) in [6.45, 7) is 5.82. The first kappa shape index (κ1) is 15.5. The molecule has 0 saturated heterocycles. The van der Waals surface area contributed by atoms with Gasteiger partial charge in [0, 0.05) is 35.0 Å². The largest absolute Gasteiger partial charge is 0.388 e. The third kappa shape index (κ3) is 4.96. The normalized spacial score (nSPS) is 11.2. The van der Waals surface area contributed by atoms with Crippen LogP contribution in [0.5, 0.6) is 0 Å². The topological polar surface area (TPSA) is 53.1 Å². The van der Waals surface area contributed by atoms with Crippen molar-refractivity contribution in [2.75, 3.05) is 6.54 Å². The second kappa shape index (κ2) is 7.12. The first-order valence-corrected chi connectivity index (χ1v) is 7.08. The summed E-state index contributed by atoms with van der Waals surface area (Å²) in [6.07, 6.45) is 0.590. The van der Waals surface area contributed by atoms with Gasteiger partial charge >= 0.3 is 0 Å². The molecule has 0 saturated carbocycles. The molecule has 0 aliphatic heterocycles. The Kier molecular flexibility index (Phi) is 6.12. The van der Waals surface area contributed by atoms with Gasteiger partial charge in [-0.15, -0.1) is 0 Å². The lowest BCUT2D eigenvalue weighted by molar-refractivity contribution is 0.219. The summed E-state index contributed by atoms with van der Waals surface area (Å²) in [4.78, 5) is 2.26. The minimum absolute atomic E-state index is 0.225.